The first-order valence-electron chi connectivity index (χ1n) is 22.8. The highest BCUT2D eigenvalue weighted by Crippen LogP contribution is 2.69. The second kappa shape index (κ2) is 50.5. The van der Waals surface area contributed by atoms with Gasteiger partial charge < -0.3 is 28.4 Å². The fraction of sp³-hybridized carbons (Fsp3) is 0.942. The Balaban J connectivity index is -0.0000000649. The molecule has 380 valence electrons. The Morgan fingerprint density at radius 2 is 0.590 bits per heavy atom. The van der Waals surface area contributed by atoms with Crippen LogP contribution in [0.4, 0.5) is 14.4 Å². The molecule has 6 bridgehead atoms. The molecule has 12 atom stereocenters. The van der Waals surface area contributed by atoms with Crippen LogP contribution in [0.25, 0.3) is 0 Å². The summed E-state index contributed by atoms with van der Waals surface area (Å²) in [5, 5.41) is 0. The van der Waals surface area contributed by atoms with Gasteiger partial charge in [0.15, 0.2) is 0 Å². The molecule has 0 aromatic heterocycles. The van der Waals surface area contributed by atoms with Crippen molar-refractivity contribution < 1.29 is 42.8 Å². The molecule has 9 nitrogen and oxygen atoms in total. The normalized spacial score (nSPS) is 29.7. The first-order valence-corrected chi connectivity index (χ1v) is 22.8. The topological polar surface area (TPSA) is 107 Å². The van der Waals surface area contributed by atoms with Crippen molar-refractivity contribution in [1.82, 2.24) is 0 Å². The highest BCUT2D eigenvalue weighted by Gasteiger charge is 2.69. The van der Waals surface area contributed by atoms with Crippen molar-refractivity contribution in [1.29, 1.82) is 0 Å². The average molecular weight is 888 g/mol. The standard InChI is InChI=1S/C13H16O3.C8H10O3.C3H4O3.3C3H8.6C2H6.7CH4/c14-13-15-11-7-4-8(12(11)16-13)10-6-2-1-5(3-6)9(7)10;9-8-10-6-4-1-2-5(3-4)7(6)11-8;4-3-5-1-2-6-3;3*1-3-2;6*1-2;;;;;;;/h5-12H,1-4H2;4-7H,1-3H2;1-2H2;3*3H2,1-2H3;6*1-2H3;7*1H4. The van der Waals surface area contributed by atoms with Crippen molar-refractivity contribution in [2.24, 2.45) is 47.3 Å². The lowest BCUT2D eigenvalue weighted by molar-refractivity contribution is 0.00878. The molecule has 0 radical (unpaired) electrons. The molecular formula is C52H118O9. The van der Waals surface area contributed by atoms with Crippen LogP contribution in [-0.2, 0) is 28.4 Å². The van der Waals surface area contributed by atoms with Crippen LogP contribution in [0.3, 0.4) is 0 Å². The molecule has 9 rings (SSSR count). The maximum absolute atomic E-state index is 11.2. The third kappa shape index (κ3) is 23.9. The highest BCUT2D eigenvalue weighted by molar-refractivity contribution is 5.63. The van der Waals surface area contributed by atoms with E-state index in [-0.39, 0.29) is 76.4 Å². The van der Waals surface area contributed by atoms with E-state index in [2.05, 4.69) is 51.0 Å². The zero-order chi connectivity index (χ0) is 42.4. The van der Waals surface area contributed by atoms with Crippen LogP contribution in [0.1, 0.15) is 241 Å². The molecule has 0 aromatic rings. The lowest BCUT2D eigenvalue weighted by Gasteiger charge is -2.38. The van der Waals surface area contributed by atoms with Crippen molar-refractivity contribution in [2.75, 3.05) is 13.2 Å². The van der Waals surface area contributed by atoms with Crippen LogP contribution in [0.15, 0.2) is 0 Å². The van der Waals surface area contributed by atoms with Gasteiger partial charge in [-0.05, 0) is 68.6 Å². The summed E-state index contributed by atoms with van der Waals surface area (Å²) in [4.78, 5) is 31.8. The van der Waals surface area contributed by atoms with E-state index >= 15 is 0 Å². The average Bonchev–Trinajstić information content (AvgIpc) is 4.05. The summed E-state index contributed by atoms with van der Waals surface area (Å²) in [6, 6.07) is 0. The molecule has 3 saturated heterocycles. The molecule has 6 aliphatic carbocycles. The SMILES string of the molecule is C.C.C.C.C.C.C.CC.CC.CC.CC.CC.CC.CCC.CCC.CCC.O=C1OC2C3CC(C2O1)C1C2CCC(C2)C31.O=C1OC2C3CCC(C3)C2O1.O=C1OCCO1. The Kier molecular flexibility index (Phi) is 68.2. The van der Waals surface area contributed by atoms with Crippen LogP contribution in [0, 0.1) is 47.3 Å². The van der Waals surface area contributed by atoms with E-state index in [1.54, 1.807) is 0 Å². The zero-order valence-electron chi connectivity index (χ0n) is 38.6. The van der Waals surface area contributed by atoms with Crippen molar-refractivity contribution in [2.45, 2.75) is 265 Å². The maximum Gasteiger partial charge on any atom is 0.509 e. The minimum Gasteiger partial charge on any atom is -0.431 e. The number of rotatable bonds is 0. The smallest absolute Gasteiger partial charge is 0.431 e. The number of ether oxygens (including phenoxy) is 6. The van der Waals surface area contributed by atoms with Crippen LogP contribution in [0.5, 0.6) is 0 Å². The predicted molar refractivity (Wildman–Crippen MR) is 271 cm³/mol. The molecule has 6 saturated carbocycles. The summed E-state index contributed by atoms with van der Waals surface area (Å²) in [5.74, 6) is 6.14. The summed E-state index contributed by atoms with van der Waals surface area (Å²) in [5.41, 5.74) is 0. The van der Waals surface area contributed by atoms with E-state index in [4.69, 9.17) is 18.9 Å². The molecule has 0 spiro atoms. The molecule has 12 unspecified atom stereocenters. The highest BCUT2D eigenvalue weighted by atomic mass is 16.8. The number of carbonyl (C=O) groups is 3. The largest absolute Gasteiger partial charge is 0.509 e. The molecule has 0 aromatic carbocycles. The number of carbonyl (C=O) groups excluding carboxylic acids is 3. The van der Waals surface area contributed by atoms with Gasteiger partial charge in [0, 0.05) is 23.7 Å². The lowest BCUT2D eigenvalue weighted by Crippen LogP contribution is -2.42. The molecule has 9 aliphatic rings. The first kappa shape index (κ1) is 82.5. The Morgan fingerprint density at radius 3 is 0.836 bits per heavy atom. The van der Waals surface area contributed by atoms with Crippen molar-refractivity contribution in [3.8, 4) is 0 Å². The number of hydrogen-bond acceptors (Lipinski definition) is 9. The predicted octanol–water partition coefficient (Wildman–Crippen LogP) is 18.5. The van der Waals surface area contributed by atoms with Gasteiger partial charge in [0.05, 0.1) is 0 Å². The second-order valence-electron chi connectivity index (χ2n) is 13.3. The van der Waals surface area contributed by atoms with E-state index in [1.807, 2.05) is 83.1 Å². The fourth-order valence-corrected chi connectivity index (χ4v) is 9.09. The van der Waals surface area contributed by atoms with Gasteiger partial charge in [0.25, 0.3) is 0 Å². The summed E-state index contributed by atoms with van der Waals surface area (Å²) in [7, 11) is 0. The molecular weight excluding hydrogens is 769 g/mol. The minimum atomic E-state index is -0.546. The van der Waals surface area contributed by atoms with E-state index in [0.717, 1.165) is 23.7 Å². The molecule has 0 N–H and O–H groups in total. The summed E-state index contributed by atoms with van der Waals surface area (Å²) < 4.78 is 29.4. The van der Waals surface area contributed by atoms with E-state index in [0.29, 0.717) is 36.9 Å². The second-order valence-corrected chi connectivity index (χ2v) is 13.3. The first-order chi connectivity index (χ1) is 26.3. The van der Waals surface area contributed by atoms with Gasteiger partial charge in [-0.2, -0.15) is 0 Å². The number of fused-ring (bicyclic) bond motifs is 17. The Labute approximate surface area is 386 Å². The molecule has 3 heterocycles. The molecule has 61 heavy (non-hydrogen) atoms. The molecule has 9 heteroatoms. The van der Waals surface area contributed by atoms with E-state index < -0.39 is 18.5 Å². The molecule has 9 fully saturated rings. The van der Waals surface area contributed by atoms with Crippen molar-refractivity contribution in [3.05, 3.63) is 0 Å². The van der Waals surface area contributed by atoms with Gasteiger partial charge in [-0.1, -0.05) is 196 Å². The monoisotopic (exact) mass is 887 g/mol. The van der Waals surface area contributed by atoms with Crippen LogP contribution < -0.4 is 0 Å². The van der Waals surface area contributed by atoms with Gasteiger partial charge >= 0.3 is 18.5 Å². The van der Waals surface area contributed by atoms with Gasteiger partial charge in [-0.15, -0.1) is 0 Å². The Hall–Kier alpha value is -2.19. The Bertz CT molecular complexity index is 849. The maximum atomic E-state index is 11.2. The van der Waals surface area contributed by atoms with E-state index in [1.165, 1.54) is 64.2 Å². The van der Waals surface area contributed by atoms with Gasteiger partial charge in [0.1, 0.15) is 37.6 Å². The third-order valence-corrected chi connectivity index (χ3v) is 9.97. The van der Waals surface area contributed by atoms with Crippen molar-refractivity contribution >= 4 is 18.5 Å². The number of hydrogen-bond donors (Lipinski definition) is 0. The summed E-state index contributed by atoms with van der Waals surface area (Å²) in [6.45, 7) is 37.6. The third-order valence-electron chi connectivity index (χ3n) is 9.97. The quantitative estimate of drug-likeness (QED) is 0.133. The molecule has 0 amide bonds. The van der Waals surface area contributed by atoms with Crippen LogP contribution in [0.2, 0.25) is 0 Å². The van der Waals surface area contributed by atoms with Gasteiger partial charge in [-0.25, -0.2) is 14.4 Å². The summed E-state index contributed by atoms with van der Waals surface area (Å²) in [6.07, 6.45) is 12.1. The van der Waals surface area contributed by atoms with E-state index in [9.17, 15) is 14.4 Å². The number of cyclic esters (lactones) is 2. The van der Waals surface area contributed by atoms with Gasteiger partial charge in [-0.3, -0.25) is 0 Å². The van der Waals surface area contributed by atoms with Crippen LogP contribution >= 0.6 is 0 Å². The summed E-state index contributed by atoms with van der Waals surface area (Å²) >= 11 is 0. The zero-order valence-corrected chi connectivity index (χ0v) is 38.6. The fourth-order valence-electron chi connectivity index (χ4n) is 9.09. The van der Waals surface area contributed by atoms with Crippen molar-refractivity contribution in [3.63, 3.8) is 0 Å². The van der Waals surface area contributed by atoms with Crippen LogP contribution in [-0.4, -0.2) is 56.1 Å². The molecule has 3 aliphatic heterocycles. The Morgan fingerprint density at radius 1 is 0.361 bits per heavy atom. The lowest BCUT2D eigenvalue weighted by atomic mass is 9.69. The van der Waals surface area contributed by atoms with Gasteiger partial charge in [0.2, 0.25) is 0 Å². The minimum absolute atomic E-state index is 0.